The van der Waals surface area contributed by atoms with Crippen molar-refractivity contribution < 1.29 is 13.5 Å². The minimum atomic E-state index is -0.793. The van der Waals surface area contributed by atoms with Crippen LogP contribution in [0.5, 0.6) is 0 Å². The van der Waals surface area contributed by atoms with Crippen molar-refractivity contribution in [1.29, 1.82) is 0 Å². The summed E-state index contributed by atoms with van der Waals surface area (Å²) >= 11 is 0. The third-order valence-corrected chi connectivity index (χ3v) is 2.70. The molecule has 18 heavy (non-hydrogen) atoms. The summed E-state index contributed by atoms with van der Waals surface area (Å²) < 4.78 is 32.0. The Hall–Kier alpha value is -1.00. The molecule has 2 nitrogen and oxygen atoms in total. The average Bonchev–Trinajstić information content (AvgIpc) is 2.38. The van der Waals surface area contributed by atoms with Crippen LogP contribution < -0.4 is 5.32 Å². The van der Waals surface area contributed by atoms with E-state index in [-0.39, 0.29) is 6.04 Å². The van der Waals surface area contributed by atoms with Gasteiger partial charge in [0.25, 0.3) is 0 Å². The molecular formula is C14H21F2NO. The summed E-state index contributed by atoms with van der Waals surface area (Å²) in [6.07, 6.45) is 1.43. The number of ether oxygens (including phenoxy) is 1. The number of hydrogen-bond donors (Lipinski definition) is 1. The summed E-state index contributed by atoms with van der Waals surface area (Å²) in [6, 6.07) is 4.30. The highest BCUT2D eigenvalue weighted by atomic mass is 19.2. The lowest BCUT2D eigenvalue weighted by atomic mass is 10.1. The third kappa shape index (κ3) is 4.70. The van der Waals surface area contributed by atoms with Crippen LogP contribution in [0.3, 0.4) is 0 Å². The van der Waals surface area contributed by atoms with Gasteiger partial charge in [-0.1, -0.05) is 19.1 Å². The highest BCUT2D eigenvalue weighted by Crippen LogP contribution is 2.13. The fourth-order valence-electron chi connectivity index (χ4n) is 1.77. The second kappa shape index (κ2) is 8.16. The van der Waals surface area contributed by atoms with Crippen molar-refractivity contribution >= 4 is 0 Å². The maximum atomic E-state index is 13.6. The zero-order valence-electron chi connectivity index (χ0n) is 11.0. The fourth-order valence-corrected chi connectivity index (χ4v) is 1.77. The molecule has 0 spiro atoms. The minimum absolute atomic E-state index is 0.0150. The largest absolute Gasteiger partial charge is 0.380 e. The van der Waals surface area contributed by atoms with Gasteiger partial charge >= 0.3 is 0 Å². The molecule has 0 radical (unpaired) electrons. The van der Waals surface area contributed by atoms with Gasteiger partial charge in [-0.05, 0) is 37.9 Å². The van der Waals surface area contributed by atoms with E-state index in [1.54, 1.807) is 6.07 Å². The number of hydrogen-bond acceptors (Lipinski definition) is 2. The van der Waals surface area contributed by atoms with Gasteiger partial charge in [0.1, 0.15) is 0 Å². The van der Waals surface area contributed by atoms with Gasteiger partial charge in [-0.3, -0.25) is 0 Å². The maximum absolute atomic E-state index is 13.6. The summed E-state index contributed by atoms with van der Waals surface area (Å²) in [5.41, 5.74) is 0.392. The zero-order chi connectivity index (χ0) is 13.4. The van der Waals surface area contributed by atoms with Crippen LogP contribution in [0.1, 0.15) is 25.8 Å². The molecule has 0 bridgehead atoms. The number of benzene rings is 1. The van der Waals surface area contributed by atoms with Crippen LogP contribution in [-0.4, -0.2) is 25.8 Å². The Morgan fingerprint density at radius 3 is 2.72 bits per heavy atom. The van der Waals surface area contributed by atoms with Gasteiger partial charge in [0.15, 0.2) is 11.6 Å². The van der Waals surface area contributed by atoms with Crippen molar-refractivity contribution in [3.8, 4) is 0 Å². The Kier molecular flexibility index (Phi) is 6.83. The molecule has 0 amide bonds. The average molecular weight is 257 g/mol. The monoisotopic (exact) mass is 257 g/mol. The lowest BCUT2D eigenvalue weighted by molar-refractivity contribution is 0.122. The predicted molar refractivity (Wildman–Crippen MR) is 68.6 cm³/mol. The van der Waals surface area contributed by atoms with E-state index < -0.39 is 11.6 Å². The molecule has 1 atom stereocenters. The topological polar surface area (TPSA) is 21.3 Å². The quantitative estimate of drug-likeness (QED) is 0.773. The molecule has 1 aromatic carbocycles. The van der Waals surface area contributed by atoms with Crippen LogP contribution in [0.25, 0.3) is 0 Å². The smallest absolute Gasteiger partial charge is 0.162 e. The Morgan fingerprint density at radius 2 is 2.06 bits per heavy atom. The van der Waals surface area contributed by atoms with E-state index in [2.05, 4.69) is 12.2 Å². The summed E-state index contributed by atoms with van der Waals surface area (Å²) in [5.74, 6) is -1.55. The molecular weight excluding hydrogens is 236 g/mol. The molecule has 0 saturated heterocycles. The number of nitrogens with one attached hydrogen (secondary N) is 1. The first-order valence-electron chi connectivity index (χ1n) is 6.43. The fraction of sp³-hybridized carbons (Fsp3) is 0.571. The SMILES string of the molecule is CCCNC(COCC)Cc1cccc(F)c1F. The Labute approximate surface area is 107 Å². The molecule has 0 aliphatic heterocycles. The standard InChI is InChI=1S/C14H21F2NO/c1-3-8-17-12(10-18-4-2)9-11-6-5-7-13(15)14(11)16/h5-7,12,17H,3-4,8-10H2,1-2H3. The molecule has 1 N–H and O–H groups in total. The van der Waals surface area contributed by atoms with E-state index in [4.69, 9.17) is 4.74 Å². The van der Waals surface area contributed by atoms with Crippen molar-refractivity contribution in [2.75, 3.05) is 19.8 Å². The van der Waals surface area contributed by atoms with Gasteiger partial charge in [0.2, 0.25) is 0 Å². The lowest BCUT2D eigenvalue weighted by Crippen LogP contribution is -2.36. The second-order valence-corrected chi connectivity index (χ2v) is 4.23. The molecule has 0 aliphatic rings. The van der Waals surface area contributed by atoms with Gasteiger partial charge in [-0.25, -0.2) is 8.78 Å². The van der Waals surface area contributed by atoms with Crippen LogP contribution in [-0.2, 0) is 11.2 Å². The van der Waals surface area contributed by atoms with Gasteiger partial charge in [0.05, 0.1) is 6.61 Å². The zero-order valence-corrected chi connectivity index (χ0v) is 11.0. The highest BCUT2D eigenvalue weighted by Gasteiger charge is 2.14. The second-order valence-electron chi connectivity index (χ2n) is 4.23. The molecule has 102 valence electrons. The Bertz CT molecular complexity index is 350. The normalized spacial score (nSPS) is 12.7. The molecule has 1 unspecified atom stereocenters. The molecule has 0 aromatic heterocycles. The van der Waals surface area contributed by atoms with Gasteiger partial charge < -0.3 is 10.1 Å². The van der Waals surface area contributed by atoms with Crippen LogP contribution >= 0.6 is 0 Å². The summed E-state index contributed by atoms with van der Waals surface area (Å²) in [5, 5.41) is 3.29. The molecule has 1 aromatic rings. The molecule has 0 saturated carbocycles. The van der Waals surface area contributed by atoms with Crippen molar-refractivity contribution in [3.05, 3.63) is 35.4 Å². The van der Waals surface area contributed by atoms with Crippen molar-refractivity contribution in [3.63, 3.8) is 0 Å². The Balaban J connectivity index is 2.65. The lowest BCUT2D eigenvalue weighted by Gasteiger charge is -2.18. The van der Waals surface area contributed by atoms with Crippen molar-refractivity contribution in [2.24, 2.45) is 0 Å². The maximum Gasteiger partial charge on any atom is 0.162 e. The van der Waals surface area contributed by atoms with Crippen LogP contribution in [0, 0.1) is 11.6 Å². The third-order valence-electron chi connectivity index (χ3n) is 2.70. The molecule has 0 aliphatic carbocycles. The summed E-state index contributed by atoms with van der Waals surface area (Å²) in [6.45, 7) is 5.95. The van der Waals surface area contributed by atoms with E-state index in [1.807, 2.05) is 6.92 Å². The number of rotatable bonds is 8. The van der Waals surface area contributed by atoms with E-state index >= 15 is 0 Å². The van der Waals surface area contributed by atoms with E-state index in [0.717, 1.165) is 19.0 Å². The van der Waals surface area contributed by atoms with Gasteiger partial charge in [0, 0.05) is 12.6 Å². The first kappa shape index (κ1) is 15.1. The van der Waals surface area contributed by atoms with Crippen molar-refractivity contribution in [1.82, 2.24) is 5.32 Å². The molecule has 4 heteroatoms. The predicted octanol–water partition coefficient (Wildman–Crippen LogP) is 2.91. The first-order valence-corrected chi connectivity index (χ1v) is 6.43. The molecule has 0 fully saturated rings. The van der Waals surface area contributed by atoms with Gasteiger partial charge in [-0.2, -0.15) is 0 Å². The van der Waals surface area contributed by atoms with Gasteiger partial charge in [-0.15, -0.1) is 0 Å². The van der Waals surface area contributed by atoms with Crippen LogP contribution in [0.15, 0.2) is 18.2 Å². The summed E-state index contributed by atoms with van der Waals surface area (Å²) in [7, 11) is 0. The minimum Gasteiger partial charge on any atom is -0.380 e. The van der Waals surface area contributed by atoms with Crippen molar-refractivity contribution in [2.45, 2.75) is 32.7 Å². The molecule has 1 rings (SSSR count). The van der Waals surface area contributed by atoms with E-state index in [1.165, 1.54) is 6.07 Å². The van der Waals surface area contributed by atoms with Crippen LogP contribution in [0.4, 0.5) is 8.78 Å². The Morgan fingerprint density at radius 1 is 1.28 bits per heavy atom. The van der Waals surface area contributed by atoms with E-state index in [9.17, 15) is 8.78 Å². The summed E-state index contributed by atoms with van der Waals surface area (Å²) in [4.78, 5) is 0. The van der Waals surface area contributed by atoms with Crippen LogP contribution in [0.2, 0.25) is 0 Å². The van der Waals surface area contributed by atoms with E-state index in [0.29, 0.717) is 25.2 Å². The first-order chi connectivity index (χ1) is 8.69. The highest BCUT2D eigenvalue weighted by molar-refractivity contribution is 5.20. The number of halogens is 2. The molecule has 0 heterocycles.